The summed E-state index contributed by atoms with van der Waals surface area (Å²) in [5.41, 5.74) is 1.12. The smallest absolute Gasteiger partial charge is 0.166 e. The highest BCUT2D eigenvalue weighted by Crippen LogP contribution is 2.32. The lowest BCUT2D eigenvalue weighted by atomic mass is 9.76. The van der Waals surface area contributed by atoms with Gasteiger partial charge in [-0.1, -0.05) is 50.5 Å². The van der Waals surface area contributed by atoms with Crippen molar-refractivity contribution in [2.45, 2.75) is 32.6 Å². The van der Waals surface area contributed by atoms with Crippen LogP contribution in [0.3, 0.4) is 0 Å². The van der Waals surface area contributed by atoms with Crippen LogP contribution in [-0.2, 0) is 0 Å². The molecule has 1 aliphatic rings. The van der Waals surface area contributed by atoms with Gasteiger partial charge in [0.05, 0.1) is 0 Å². The Morgan fingerprint density at radius 2 is 1.94 bits per heavy atom. The average molecular weight is 230 g/mol. The molecule has 1 aromatic carbocycles. The number of carbonyl (C=O) groups is 2. The van der Waals surface area contributed by atoms with Gasteiger partial charge in [-0.05, 0) is 12.3 Å². The number of carbonyl (C=O) groups excluding carboxylic acids is 2. The topological polar surface area (TPSA) is 34.1 Å². The Labute approximate surface area is 102 Å². The Balaban J connectivity index is 2.26. The van der Waals surface area contributed by atoms with Gasteiger partial charge in [-0.3, -0.25) is 9.59 Å². The Morgan fingerprint density at radius 3 is 2.65 bits per heavy atom. The van der Waals surface area contributed by atoms with E-state index in [1.165, 1.54) is 6.42 Å². The van der Waals surface area contributed by atoms with Gasteiger partial charge < -0.3 is 0 Å². The Bertz CT molecular complexity index is 423. The third kappa shape index (κ3) is 2.46. The van der Waals surface area contributed by atoms with E-state index in [2.05, 4.69) is 6.92 Å². The van der Waals surface area contributed by atoms with E-state index in [9.17, 15) is 9.59 Å². The van der Waals surface area contributed by atoms with E-state index < -0.39 is 0 Å². The molecule has 1 fully saturated rings. The number of hydrogen-bond donors (Lipinski definition) is 0. The molecule has 0 N–H and O–H groups in total. The Morgan fingerprint density at radius 1 is 1.24 bits per heavy atom. The quantitative estimate of drug-likeness (QED) is 0.588. The molecule has 0 saturated heterocycles. The molecule has 0 aliphatic heterocycles. The third-order valence-electron chi connectivity index (χ3n) is 3.80. The van der Waals surface area contributed by atoms with Crippen LogP contribution in [0.5, 0.6) is 0 Å². The highest BCUT2D eigenvalue weighted by molar-refractivity contribution is 6.04. The van der Waals surface area contributed by atoms with Crippen LogP contribution < -0.4 is 0 Å². The summed E-state index contributed by atoms with van der Waals surface area (Å²) in [5, 5.41) is 0. The van der Waals surface area contributed by atoms with Gasteiger partial charge in [0, 0.05) is 17.0 Å². The van der Waals surface area contributed by atoms with Crippen LogP contribution in [0.2, 0.25) is 0 Å². The van der Waals surface area contributed by atoms with Crippen molar-refractivity contribution in [3.05, 3.63) is 35.4 Å². The first-order valence-electron chi connectivity index (χ1n) is 6.32. The van der Waals surface area contributed by atoms with Crippen molar-refractivity contribution < 1.29 is 9.59 Å². The zero-order chi connectivity index (χ0) is 12.3. The van der Waals surface area contributed by atoms with Gasteiger partial charge in [0.15, 0.2) is 12.1 Å². The van der Waals surface area contributed by atoms with Crippen molar-refractivity contribution >= 4 is 12.1 Å². The highest BCUT2D eigenvalue weighted by Gasteiger charge is 2.29. The number of hydrogen-bond acceptors (Lipinski definition) is 2. The zero-order valence-electron chi connectivity index (χ0n) is 10.2. The molecule has 0 radical (unpaired) electrons. The van der Waals surface area contributed by atoms with Gasteiger partial charge in [0.1, 0.15) is 0 Å². The van der Waals surface area contributed by atoms with Crippen molar-refractivity contribution in [3.63, 3.8) is 0 Å². The summed E-state index contributed by atoms with van der Waals surface area (Å²) in [6.07, 6.45) is 5.22. The maximum Gasteiger partial charge on any atom is 0.166 e. The van der Waals surface area contributed by atoms with E-state index in [4.69, 9.17) is 0 Å². The first-order valence-corrected chi connectivity index (χ1v) is 6.32. The van der Waals surface area contributed by atoms with Gasteiger partial charge in [0.25, 0.3) is 0 Å². The van der Waals surface area contributed by atoms with Crippen LogP contribution in [-0.4, -0.2) is 12.1 Å². The molecule has 1 saturated carbocycles. The number of Topliss-reactive ketones (excluding diaryl/α,β-unsaturated/α-hetero) is 1. The summed E-state index contributed by atoms with van der Waals surface area (Å²) in [6.45, 7) is 2.14. The molecule has 2 unspecified atom stereocenters. The lowest BCUT2D eigenvalue weighted by molar-refractivity contribution is 0.0834. The molecule has 0 amide bonds. The van der Waals surface area contributed by atoms with Gasteiger partial charge in [0.2, 0.25) is 0 Å². The van der Waals surface area contributed by atoms with Crippen LogP contribution in [0.4, 0.5) is 0 Å². The van der Waals surface area contributed by atoms with Crippen LogP contribution in [0.25, 0.3) is 0 Å². The number of ketones is 1. The monoisotopic (exact) mass is 230 g/mol. The van der Waals surface area contributed by atoms with Crippen LogP contribution in [0.1, 0.15) is 53.3 Å². The van der Waals surface area contributed by atoms with E-state index >= 15 is 0 Å². The fraction of sp³-hybridized carbons (Fsp3) is 0.467. The average Bonchev–Trinajstić information content (AvgIpc) is 2.38. The van der Waals surface area contributed by atoms with E-state index in [0.29, 0.717) is 17.0 Å². The fourth-order valence-corrected chi connectivity index (χ4v) is 2.73. The maximum absolute atomic E-state index is 12.4. The standard InChI is InChI=1S/C15H18O2/c1-11-6-2-4-8-13(11)15(17)14-9-5-3-7-12(14)10-16/h3,5,7,9-11,13H,2,4,6,8H2,1H3. The summed E-state index contributed by atoms with van der Waals surface area (Å²) in [6, 6.07) is 7.11. The number of benzene rings is 1. The van der Waals surface area contributed by atoms with E-state index in [0.717, 1.165) is 25.5 Å². The minimum atomic E-state index is 0.102. The summed E-state index contributed by atoms with van der Waals surface area (Å²) < 4.78 is 0. The van der Waals surface area contributed by atoms with Crippen molar-refractivity contribution in [2.24, 2.45) is 11.8 Å². The summed E-state index contributed by atoms with van der Waals surface area (Å²) >= 11 is 0. The summed E-state index contributed by atoms with van der Waals surface area (Å²) in [4.78, 5) is 23.4. The molecule has 0 spiro atoms. The molecule has 0 aromatic heterocycles. The third-order valence-corrected chi connectivity index (χ3v) is 3.80. The van der Waals surface area contributed by atoms with Crippen LogP contribution >= 0.6 is 0 Å². The minimum Gasteiger partial charge on any atom is -0.298 e. The summed E-state index contributed by atoms with van der Waals surface area (Å²) in [7, 11) is 0. The molecule has 1 aromatic rings. The molecule has 17 heavy (non-hydrogen) atoms. The molecule has 0 bridgehead atoms. The summed E-state index contributed by atoms with van der Waals surface area (Å²) in [5.74, 6) is 0.695. The molecule has 2 heteroatoms. The molecule has 1 aliphatic carbocycles. The second-order valence-corrected chi connectivity index (χ2v) is 4.94. The van der Waals surface area contributed by atoms with Crippen LogP contribution in [0.15, 0.2) is 24.3 Å². The van der Waals surface area contributed by atoms with Crippen molar-refractivity contribution in [1.82, 2.24) is 0 Å². The lowest BCUT2D eigenvalue weighted by Crippen LogP contribution is -2.26. The SMILES string of the molecule is CC1CCCCC1C(=O)c1ccccc1C=O. The van der Waals surface area contributed by atoms with Crippen LogP contribution in [0, 0.1) is 11.8 Å². The van der Waals surface area contributed by atoms with Gasteiger partial charge >= 0.3 is 0 Å². The van der Waals surface area contributed by atoms with Gasteiger partial charge in [-0.2, -0.15) is 0 Å². The molecule has 90 valence electrons. The molecule has 0 heterocycles. The minimum absolute atomic E-state index is 0.102. The fourth-order valence-electron chi connectivity index (χ4n) is 2.73. The molecular weight excluding hydrogens is 212 g/mol. The maximum atomic E-state index is 12.4. The predicted octanol–water partition coefficient (Wildman–Crippen LogP) is 3.51. The van der Waals surface area contributed by atoms with E-state index in [1.54, 1.807) is 18.2 Å². The Hall–Kier alpha value is -1.44. The van der Waals surface area contributed by atoms with E-state index in [1.807, 2.05) is 6.07 Å². The van der Waals surface area contributed by atoms with Gasteiger partial charge in [-0.15, -0.1) is 0 Å². The number of rotatable bonds is 3. The van der Waals surface area contributed by atoms with E-state index in [-0.39, 0.29) is 11.7 Å². The van der Waals surface area contributed by atoms with Crippen molar-refractivity contribution in [3.8, 4) is 0 Å². The van der Waals surface area contributed by atoms with Gasteiger partial charge in [-0.25, -0.2) is 0 Å². The normalized spacial score (nSPS) is 24.3. The van der Waals surface area contributed by atoms with Crippen molar-refractivity contribution in [2.75, 3.05) is 0 Å². The zero-order valence-corrected chi connectivity index (χ0v) is 10.2. The molecule has 2 atom stereocenters. The van der Waals surface area contributed by atoms with Crippen molar-refractivity contribution in [1.29, 1.82) is 0 Å². The predicted molar refractivity (Wildman–Crippen MR) is 67.3 cm³/mol. The largest absolute Gasteiger partial charge is 0.298 e. The number of aldehydes is 1. The molecular formula is C15H18O2. The second kappa shape index (κ2) is 5.26. The first kappa shape index (κ1) is 12.0. The second-order valence-electron chi connectivity index (χ2n) is 4.94. The molecule has 2 nitrogen and oxygen atoms in total. The lowest BCUT2D eigenvalue weighted by Gasteiger charge is -2.27. The highest BCUT2D eigenvalue weighted by atomic mass is 16.1. The Kier molecular flexibility index (Phi) is 3.72. The molecule has 2 rings (SSSR count). The first-order chi connectivity index (χ1) is 8.24.